The number of hydrogen-bond acceptors (Lipinski definition) is 5. The molecule has 1 saturated heterocycles. The average molecular weight is 292 g/mol. The molecule has 0 aromatic heterocycles. The Morgan fingerprint density at radius 2 is 2.00 bits per heavy atom. The van der Waals surface area contributed by atoms with E-state index in [1.165, 1.54) is 6.07 Å². The molecule has 0 aliphatic carbocycles. The molecule has 0 spiro atoms. The van der Waals surface area contributed by atoms with Gasteiger partial charge in [0.1, 0.15) is 0 Å². The molecule has 1 aliphatic rings. The Balaban J connectivity index is 2.03. The van der Waals surface area contributed by atoms with Crippen LogP contribution in [0.2, 0.25) is 0 Å². The van der Waals surface area contributed by atoms with E-state index < -0.39 is 4.92 Å². The van der Waals surface area contributed by atoms with Gasteiger partial charge >= 0.3 is 0 Å². The van der Waals surface area contributed by atoms with Crippen LogP contribution < -0.4 is 10.6 Å². The van der Waals surface area contributed by atoms with Crippen molar-refractivity contribution in [2.75, 3.05) is 38.0 Å². The molecule has 0 saturated carbocycles. The molecule has 2 rings (SSSR count). The van der Waals surface area contributed by atoms with Crippen molar-refractivity contribution in [2.45, 2.75) is 13.8 Å². The summed E-state index contributed by atoms with van der Waals surface area (Å²) in [6, 6.07) is 3.15. The number of hydrogen-bond donors (Lipinski definition) is 2. The Bertz CT molecular complexity index is 553. The Morgan fingerprint density at radius 1 is 1.33 bits per heavy atom. The standard InChI is InChI=1S/C14H20N4O3/c1-10-8-13(18(20)21)11(2)7-12(10)16-14(19)9-17-5-3-15-4-6-17/h7-8,15H,3-6,9H2,1-2H3,(H,16,19). The van der Waals surface area contributed by atoms with E-state index >= 15 is 0 Å². The van der Waals surface area contributed by atoms with Crippen molar-refractivity contribution < 1.29 is 9.72 Å². The quantitative estimate of drug-likeness (QED) is 0.640. The predicted octanol–water partition coefficient (Wildman–Crippen LogP) is 1.06. The van der Waals surface area contributed by atoms with Crippen molar-refractivity contribution >= 4 is 17.3 Å². The van der Waals surface area contributed by atoms with Crippen molar-refractivity contribution in [3.63, 3.8) is 0 Å². The lowest BCUT2D eigenvalue weighted by Gasteiger charge is -2.26. The number of nitro benzene ring substituents is 1. The highest BCUT2D eigenvalue weighted by molar-refractivity contribution is 5.93. The second-order valence-electron chi connectivity index (χ2n) is 5.29. The number of piperazine rings is 1. The van der Waals surface area contributed by atoms with E-state index in [1.807, 2.05) is 0 Å². The van der Waals surface area contributed by atoms with Gasteiger partial charge in [0.15, 0.2) is 0 Å². The highest BCUT2D eigenvalue weighted by Crippen LogP contribution is 2.25. The molecule has 0 atom stereocenters. The molecule has 0 bridgehead atoms. The van der Waals surface area contributed by atoms with E-state index in [1.54, 1.807) is 19.9 Å². The number of nitrogens with zero attached hydrogens (tertiary/aromatic N) is 2. The zero-order valence-electron chi connectivity index (χ0n) is 12.3. The number of anilines is 1. The lowest BCUT2D eigenvalue weighted by atomic mass is 10.1. The van der Waals surface area contributed by atoms with Gasteiger partial charge in [0.2, 0.25) is 5.91 Å². The van der Waals surface area contributed by atoms with Crippen LogP contribution in [0.1, 0.15) is 11.1 Å². The van der Waals surface area contributed by atoms with Crippen LogP contribution in [0.5, 0.6) is 0 Å². The molecule has 1 fully saturated rings. The maximum Gasteiger partial charge on any atom is 0.272 e. The summed E-state index contributed by atoms with van der Waals surface area (Å²) in [7, 11) is 0. The number of carbonyl (C=O) groups is 1. The third-order valence-electron chi connectivity index (χ3n) is 3.59. The molecule has 7 heteroatoms. The Morgan fingerprint density at radius 3 is 2.62 bits per heavy atom. The second-order valence-corrected chi connectivity index (χ2v) is 5.29. The summed E-state index contributed by atoms with van der Waals surface area (Å²) < 4.78 is 0. The van der Waals surface area contributed by atoms with Gasteiger partial charge in [0.05, 0.1) is 11.5 Å². The molecule has 114 valence electrons. The highest BCUT2D eigenvalue weighted by Gasteiger charge is 2.17. The molecule has 7 nitrogen and oxygen atoms in total. The van der Waals surface area contributed by atoms with Crippen molar-refractivity contribution in [3.8, 4) is 0 Å². The summed E-state index contributed by atoms with van der Waals surface area (Å²) in [4.78, 5) is 24.6. The number of amides is 1. The van der Waals surface area contributed by atoms with Crippen LogP contribution in [0.25, 0.3) is 0 Å². The smallest absolute Gasteiger partial charge is 0.272 e. The van der Waals surface area contributed by atoms with Crippen LogP contribution in [0.4, 0.5) is 11.4 Å². The van der Waals surface area contributed by atoms with E-state index in [4.69, 9.17) is 0 Å². The maximum absolute atomic E-state index is 12.1. The summed E-state index contributed by atoms with van der Waals surface area (Å²) in [5.41, 5.74) is 1.95. The molecule has 0 radical (unpaired) electrons. The molecule has 1 aliphatic heterocycles. The minimum Gasteiger partial charge on any atom is -0.325 e. The van der Waals surface area contributed by atoms with Crippen LogP contribution in [0, 0.1) is 24.0 Å². The summed E-state index contributed by atoms with van der Waals surface area (Å²) in [5, 5.41) is 17.0. The van der Waals surface area contributed by atoms with Crippen molar-refractivity contribution in [1.29, 1.82) is 0 Å². The SMILES string of the molecule is Cc1cc([N+](=O)[O-])c(C)cc1NC(=O)CN1CCNCC1. The monoisotopic (exact) mass is 292 g/mol. The van der Waals surface area contributed by atoms with Crippen molar-refractivity contribution in [1.82, 2.24) is 10.2 Å². The highest BCUT2D eigenvalue weighted by atomic mass is 16.6. The van der Waals surface area contributed by atoms with Crippen molar-refractivity contribution in [2.24, 2.45) is 0 Å². The molecule has 21 heavy (non-hydrogen) atoms. The molecular formula is C14H20N4O3. The fourth-order valence-corrected chi connectivity index (χ4v) is 2.39. The average Bonchev–Trinajstić information content (AvgIpc) is 2.43. The van der Waals surface area contributed by atoms with Gasteiger partial charge in [-0.15, -0.1) is 0 Å². The number of nitrogens with one attached hydrogen (secondary N) is 2. The van der Waals surface area contributed by atoms with Gasteiger partial charge in [-0.2, -0.15) is 0 Å². The zero-order valence-corrected chi connectivity index (χ0v) is 12.3. The van der Waals surface area contributed by atoms with Gasteiger partial charge in [0, 0.05) is 43.5 Å². The van der Waals surface area contributed by atoms with Gasteiger partial charge in [-0.05, 0) is 25.5 Å². The minimum atomic E-state index is -0.408. The number of rotatable bonds is 4. The van der Waals surface area contributed by atoms with Crippen LogP contribution in [-0.2, 0) is 4.79 Å². The van der Waals surface area contributed by atoms with Gasteiger partial charge in [-0.1, -0.05) is 0 Å². The van der Waals surface area contributed by atoms with Crippen LogP contribution >= 0.6 is 0 Å². The minimum absolute atomic E-state index is 0.0765. The maximum atomic E-state index is 12.1. The third kappa shape index (κ3) is 3.99. The fraction of sp³-hybridized carbons (Fsp3) is 0.500. The van der Waals surface area contributed by atoms with Crippen LogP contribution in [0.3, 0.4) is 0 Å². The van der Waals surface area contributed by atoms with E-state index in [0.29, 0.717) is 23.4 Å². The number of benzene rings is 1. The first-order chi connectivity index (χ1) is 9.97. The van der Waals surface area contributed by atoms with E-state index in [9.17, 15) is 14.9 Å². The number of carbonyl (C=O) groups excluding carboxylic acids is 1. The molecule has 1 amide bonds. The Kier molecular flexibility index (Phi) is 4.87. The summed E-state index contributed by atoms with van der Waals surface area (Å²) in [5.74, 6) is -0.0896. The second kappa shape index (κ2) is 6.64. The number of nitro groups is 1. The molecule has 1 aromatic rings. The van der Waals surface area contributed by atoms with Gasteiger partial charge in [-0.25, -0.2) is 0 Å². The largest absolute Gasteiger partial charge is 0.325 e. The topological polar surface area (TPSA) is 87.5 Å². The lowest BCUT2D eigenvalue weighted by Crippen LogP contribution is -2.46. The summed E-state index contributed by atoms with van der Waals surface area (Å²) in [6.45, 7) is 7.26. The molecule has 2 N–H and O–H groups in total. The van der Waals surface area contributed by atoms with Crippen LogP contribution in [0.15, 0.2) is 12.1 Å². The summed E-state index contributed by atoms with van der Waals surface area (Å²) >= 11 is 0. The van der Waals surface area contributed by atoms with E-state index in [2.05, 4.69) is 15.5 Å². The molecule has 0 unspecified atom stereocenters. The lowest BCUT2D eigenvalue weighted by molar-refractivity contribution is -0.385. The Labute approximate surface area is 123 Å². The first-order valence-corrected chi connectivity index (χ1v) is 6.96. The third-order valence-corrected chi connectivity index (χ3v) is 3.59. The molecular weight excluding hydrogens is 272 g/mol. The first kappa shape index (κ1) is 15.4. The van der Waals surface area contributed by atoms with E-state index in [-0.39, 0.29) is 11.6 Å². The molecule has 1 heterocycles. The molecule has 1 aromatic carbocycles. The normalized spacial score (nSPS) is 15.7. The zero-order chi connectivity index (χ0) is 15.4. The van der Waals surface area contributed by atoms with Gasteiger partial charge in [-0.3, -0.25) is 19.8 Å². The fourth-order valence-electron chi connectivity index (χ4n) is 2.39. The van der Waals surface area contributed by atoms with Gasteiger partial charge < -0.3 is 10.6 Å². The predicted molar refractivity (Wildman–Crippen MR) is 80.5 cm³/mol. The Hall–Kier alpha value is -1.99. The summed E-state index contributed by atoms with van der Waals surface area (Å²) in [6.07, 6.45) is 0. The number of aryl methyl sites for hydroxylation is 2. The van der Waals surface area contributed by atoms with E-state index in [0.717, 1.165) is 26.2 Å². The van der Waals surface area contributed by atoms with Crippen molar-refractivity contribution in [3.05, 3.63) is 33.4 Å². The van der Waals surface area contributed by atoms with Gasteiger partial charge in [0.25, 0.3) is 5.69 Å². The van der Waals surface area contributed by atoms with Crippen LogP contribution in [-0.4, -0.2) is 48.5 Å². The first-order valence-electron chi connectivity index (χ1n) is 6.96.